The molecule has 8 heteroatoms. The summed E-state index contributed by atoms with van der Waals surface area (Å²) in [5.74, 6) is 0.898. The van der Waals surface area contributed by atoms with E-state index in [0.29, 0.717) is 24.0 Å². The quantitative estimate of drug-likeness (QED) is 0.748. The second-order valence-electron chi connectivity index (χ2n) is 6.52. The van der Waals surface area contributed by atoms with Crippen LogP contribution in [0.15, 0.2) is 18.2 Å². The smallest absolute Gasteiger partial charge is 0.325 e. The van der Waals surface area contributed by atoms with Crippen LogP contribution in [0.25, 0.3) is 0 Å². The van der Waals surface area contributed by atoms with Crippen LogP contribution in [-0.2, 0) is 16.1 Å². The maximum absolute atomic E-state index is 12.4. The lowest BCUT2D eigenvalue weighted by molar-refractivity contribution is -0.131. The number of fused-ring (bicyclic) bond motifs is 1. The maximum Gasteiger partial charge on any atom is 0.325 e. The predicted octanol–water partition coefficient (Wildman–Crippen LogP) is 0.998. The molecule has 1 aromatic rings. The molecule has 0 aliphatic carbocycles. The fourth-order valence-electron chi connectivity index (χ4n) is 2.66. The molecule has 0 spiro atoms. The second kappa shape index (κ2) is 7.00. The van der Waals surface area contributed by atoms with E-state index in [1.54, 1.807) is 18.2 Å². The van der Waals surface area contributed by atoms with Crippen molar-refractivity contribution in [3.05, 3.63) is 23.8 Å². The van der Waals surface area contributed by atoms with Crippen molar-refractivity contribution >= 4 is 17.8 Å². The molecular weight excluding hydrogens is 326 g/mol. The first-order valence-electron chi connectivity index (χ1n) is 8.21. The largest absolute Gasteiger partial charge is 0.454 e. The zero-order valence-electron chi connectivity index (χ0n) is 14.2. The zero-order chi connectivity index (χ0) is 18.0. The highest BCUT2D eigenvalue weighted by atomic mass is 16.7. The van der Waals surface area contributed by atoms with Gasteiger partial charge in [-0.15, -0.1) is 0 Å². The van der Waals surface area contributed by atoms with Crippen molar-refractivity contribution in [3.8, 4) is 11.5 Å². The van der Waals surface area contributed by atoms with Gasteiger partial charge >= 0.3 is 6.03 Å². The molecule has 2 N–H and O–H groups in total. The van der Waals surface area contributed by atoms with E-state index in [2.05, 4.69) is 10.6 Å². The van der Waals surface area contributed by atoms with Crippen molar-refractivity contribution < 1.29 is 23.9 Å². The summed E-state index contributed by atoms with van der Waals surface area (Å²) >= 11 is 0. The van der Waals surface area contributed by atoms with E-state index in [0.717, 1.165) is 10.5 Å². The van der Waals surface area contributed by atoms with E-state index < -0.39 is 18.0 Å². The molecule has 1 aromatic carbocycles. The molecule has 0 bridgehead atoms. The fourth-order valence-corrected chi connectivity index (χ4v) is 2.66. The first-order chi connectivity index (χ1) is 11.9. The summed E-state index contributed by atoms with van der Waals surface area (Å²) in [6.07, 6.45) is -0.0606. The molecule has 0 saturated carbocycles. The topological polar surface area (TPSA) is 97.0 Å². The number of hydrogen-bond acceptors (Lipinski definition) is 5. The van der Waals surface area contributed by atoms with Gasteiger partial charge in [0.05, 0.1) is 13.0 Å². The third-order valence-corrected chi connectivity index (χ3v) is 3.98. The summed E-state index contributed by atoms with van der Waals surface area (Å²) in [6, 6.07) is 3.94. The highest BCUT2D eigenvalue weighted by Gasteiger charge is 2.39. The number of ether oxygens (including phenoxy) is 2. The van der Waals surface area contributed by atoms with Gasteiger partial charge < -0.3 is 20.1 Å². The van der Waals surface area contributed by atoms with Crippen molar-refractivity contribution in [3.63, 3.8) is 0 Å². The summed E-state index contributed by atoms with van der Waals surface area (Å²) in [4.78, 5) is 37.5. The predicted molar refractivity (Wildman–Crippen MR) is 87.9 cm³/mol. The highest BCUT2D eigenvalue weighted by molar-refractivity contribution is 6.05. The van der Waals surface area contributed by atoms with Gasteiger partial charge in [0.25, 0.3) is 5.91 Å². The number of imide groups is 1. The summed E-state index contributed by atoms with van der Waals surface area (Å²) in [6.45, 7) is 4.78. The Morgan fingerprint density at radius 3 is 2.84 bits per heavy atom. The Kier molecular flexibility index (Phi) is 4.78. The number of nitrogens with one attached hydrogen (secondary N) is 2. The summed E-state index contributed by atoms with van der Waals surface area (Å²) < 4.78 is 10.5. The van der Waals surface area contributed by atoms with E-state index in [-0.39, 0.29) is 25.7 Å². The minimum absolute atomic E-state index is 0.0606. The number of amides is 4. The van der Waals surface area contributed by atoms with Gasteiger partial charge in [-0.3, -0.25) is 14.5 Å². The molecule has 0 radical (unpaired) electrons. The molecule has 25 heavy (non-hydrogen) atoms. The van der Waals surface area contributed by atoms with Crippen LogP contribution in [-0.4, -0.2) is 42.1 Å². The van der Waals surface area contributed by atoms with Crippen LogP contribution in [0.5, 0.6) is 11.5 Å². The Hall–Kier alpha value is -2.77. The third kappa shape index (κ3) is 3.84. The summed E-state index contributed by atoms with van der Waals surface area (Å²) in [5.41, 5.74) is 0.748. The Bertz CT molecular complexity index is 704. The fraction of sp³-hybridized carbons (Fsp3) is 0.471. The van der Waals surface area contributed by atoms with Crippen molar-refractivity contribution in [2.24, 2.45) is 5.92 Å². The number of hydrogen-bond donors (Lipinski definition) is 2. The lowest BCUT2D eigenvalue weighted by Crippen LogP contribution is -2.37. The van der Waals surface area contributed by atoms with E-state index in [9.17, 15) is 14.4 Å². The Balaban J connectivity index is 1.60. The Labute approximate surface area is 145 Å². The molecule has 1 unspecified atom stereocenters. The monoisotopic (exact) mass is 347 g/mol. The van der Waals surface area contributed by atoms with Gasteiger partial charge in [0.15, 0.2) is 11.5 Å². The molecule has 0 aromatic heterocycles. The average Bonchev–Trinajstić information content (AvgIpc) is 3.13. The average molecular weight is 347 g/mol. The van der Waals surface area contributed by atoms with Crippen molar-refractivity contribution in [1.82, 2.24) is 15.5 Å². The van der Waals surface area contributed by atoms with E-state index in [1.165, 1.54) is 0 Å². The highest BCUT2D eigenvalue weighted by Crippen LogP contribution is 2.33. The maximum atomic E-state index is 12.4. The first-order valence-corrected chi connectivity index (χ1v) is 8.21. The molecule has 1 atom stereocenters. The van der Waals surface area contributed by atoms with Gasteiger partial charge in [-0.05, 0) is 23.6 Å². The van der Waals surface area contributed by atoms with Crippen LogP contribution in [0.1, 0.15) is 25.8 Å². The van der Waals surface area contributed by atoms with E-state index >= 15 is 0 Å². The number of carbonyl (C=O) groups excluding carboxylic acids is 3. The number of urea groups is 1. The molecule has 3 rings (SSSR count). The van der Waals surface area contributed by atoms with Gasteiger partial charge in [-0.25, -0.2) is 4.79 Å². The second-order valence-corrected chi connectivity index (χ2v) is 6.52. The van der Waals surface area contributed by atoms with Crippen LogP contribution in [0.3, 0.4) is 0 Å². The molecule has 1 fully saturated rings. The third-order valence-electron chi connectivity index (χ3n) is 3.98. The molecular formula is C17H21N3O5. The van der Waals surface area contributed by atoms with Gasteiger partial charge in [-0.1, -0.05) is 19.9 Å². The molecule has 8 nitrogen and oxygen atoms in total. The molecule has 134 valence electrons. The van der Waals surface area contributed by atoms with Gasteiger partial charge in [0, 0.05) is 6.54 Å². The molecule has 2 heterocycles. The minimum atomic E-state index is -0.825. The summed E-state index contributed by atoms with van der Waals surface area (Å²) in [5, 5.41) is 5.31. The normalized spacial score (nSPS) is 18.7. The SMILES string of the molecule is CC(C)CNC(=O)CC1NC(=O)N(Cc2ccc3c(c2)OCO3)C1=O. The van der Waals surface area contributed by atoms with Crippen LogP contribution in [0, 0.1) is 5.92 Å². The van der Waals surface area contributed by atoms with Crippen molar-refractivity contribution in [2.45, 2.75) is 32.9 Å². The molecule has 2 aliphatic heterocycles. The lowest BCUT2D eigenvalue weighted by Gasteiger charge is -2.13. The van der Waals surface area contributed by atoms with Gasteiger partial charge in [0.1, 0.15) is 6.04 Å². The number of benzene rings is 1. The zero-order valence-corrected chi connectivity index (χ0v) is 14.2. The van der Waals surface area contributed by atoms with Gasteiger partial charge in [0.2, 0.25) is 12.7 Å². The van der Waals surface area contributed by atoms with Crippen LogP contribution < -0.4 is 20.1 Å². The number of nitrogens with zero attached hydrogens (tertiary/aromatic N) is 1. The Morgan fingerprint density at radius 1 is 1.32 bits per heavy atom. The van der Waals surface area contributed by atoms with Crippen LogP contribution >= 0.6 is 0 Å². The first kappa shape index (κ1) is 17.1. The standard InChI is InChI=1S/C17H21N3O5/c1-10(2)7-18-15(21)6-12-16(22)20(17(23)19-12)8-11-3-4-13-14(5-11)25-9-24-13/h3-5,10,12H,6-9H2,1-2H3,(H,18,21)(H,19,23). The van der Waals surface area contributed by atoms with E-state index in [1.807, 2.05) is 13.8 Å². The Morgan fingerprint density at radius 2 is 2.08 bits per heavy atom. The van der Waals surface area contributed by atoms with Crippen molar-refractivity contribution in [2.75, 3.05) is 13.3 Å². The molecule has 4 amide bonds. The minimum Gasteiger partial charge on any atom is -0.454 e. The van der Waals surface area contributed by atoms with Gasteiger partial charge in [-0.2, -0.15) is 0 Å². The number of carbonyl (C=O) groups is 3. The van der Waals surface area contributed by atoms with Crippen LogP contribution in [0.4, 0.5) is 4.79 Å². The number of rotatable bonds is 6. The molecule has 2 aliphatic rings. The summed E-state index contributed by atoms with van der Waals surface area (Å²) in [7, 11) is 0. The van der Waals surface area contributed by atoms with E-state index in [4.69, 9.17) is 9.47 Å². The molecule has 1 saturated heterocycles. The van der Waals surface area contributed by atoms with Crippen LogP contribution in [0.2, 0.25) is 0 Å². The van der Waals surface area contributed by atoms with Crippen molar-refractivity contribution in [1.29, 1.82) is 0 Å². The lowest BCUT2D eigenvalue weighted by atomic mass is 10.1.